The zero-order valence-corrected chi connectivity index (χ0v) is 19.8. The van der Waals surface area contributed by atoms with Crippen molar-refractivity contribution in [2.75, 3.05) is 6.61 Å². The van der Waals surface area contributed by atoms with E-state index in [2.05, 4.69) is 49.6 Å². The van der Waals surface area contributed by atoms with Crippen LogP contribution >= 0.6 is 0 Å². The fourth-order valence-electron chi connectivity index (χ4n) is 4.54. The SMILES string of the molecule is C=C[C@@H](O)[C@@H]1OC(C)(C)O[C@@H]1C(=C)COC(c1ccccc1)(c1ccccc1)c1ccccc1. The highest BCUT2D eigenvalue weighted by Gasteiger charge is 2.46. The molecule has 0 radical (unpaired) electrons. The van der Waals surface area contributed by atoms with Gasteiger partial charge in [0.05, 0.1) is 6.61 Å². The topological polar surface area (TPSA) is 47.9 Å². The van der Waals surface area contributed by atoms with E-state index in [1.54, 1.807) is 0 Å². The van der Waals surface area contributed by atoms with Gasteiger partial charge in [-0.2, -0.15) is 0 Å². The molecule has 3 atom stereocenters. The highest BCUT2D eigenvalue weighted by atomic mass is 16.8. The molecule has 1 fully saturated rings. The van der Waals surface area contributed by atoms with Crippen LogP contribution in [0, 0.1) is 0 Å². The lowest BCUT2D eigenvalue weighted by Gasteiger charge is -2.36. The second-order valence-corrected chi connectivity index (χ2v) is 8.97. The van der Waals surface area contributed by atoms with Gasteiger partial charge in [-0.25, -0.2) is 0 Å². The third kappa shape index (κ3) is 4.77. The van der Waals surface area contributed by atoms with Crippen LogP contribution in [0.25, 0.3) is 0 Å². The Kier molecular flexibility index (Phi) is 7.15. The average molecular weight is 457 g/mol. The quantitative estimate of drug-likeness (QED) is 0.335. The molecule has 176 valence electrons. The van der Waals surface area contributed by atoms with Gasteiger partial charge >= 0.3 is 0 Å². The van der Waals surface area contributed by atoms with Crippen molar-refractivity contribution in [2.45, 2.75) is 43.5 Å². The van der Waals surface area contributed by atoms with Gasteiger partial charge in [-0.1, -0.05) is 104 Å². The van der Waals surface area contributed by atoms with Crippen LogP contribution in [0.15, 0.2) is 116 Å². The third-order valence-corrected chi connectivity index (χ3v) is 6.12. The Morgan fingerprint density at radius 3 is 1.76 bits per heavy atom. The zero-order chi connectivity index (χ0) is 24.2. The van der Waals surface area contributed by atoms with Crippen molar-refractivity contribution in [1.29, 1.82) is 0 Å². The highest BCUT2D eigenvalue weighted by Crippen LogP contribution is 2.41. The van der Waals surface area contributed by atoms with Gasteiger partial charge in [-0.3, -0.25) is 0 Å². The van der Waals surface area contributed by atoms with Crippen molar-refractivity contribution >= 4 is 0 Å². The molecule has 4 nitrogen and oxygen atoms in total. The maximum Gasteiger partial charge on any atom is 0.164 e. The number of ether oxygens (including phenoxy) is 3. The van der Waals surface area contributed by atoms with Crippen LogP contribution in [0.5, 0.6) is 0 Å². The molecule has 0 aromatic heterocycles. The van der Waals surface area contributed by atoms with Crippen LogP contribution in [0.1, 0.15) is 30.5 Å². The Balaban J connectivity index is 1.74. The van der Waals surface area contributed by atoms with Crippen LogP contribution in [0.4, 0.5) is 0 Å². The Morgan fingerprint density at radius 1 is 0.912 bits per heavy atom. The third-order valence-electron chi connectivity index (χ3n) is 6.12. The first-order valence-corrected chi connectivity index (χ1v) is 11.5. The van der Waals surface area contributed by atoms with E-state index in [0.29, 0.717) is 5.57 Å². The largest absolute Gasteiger partial charge is 0.386 e. The predicted molar refractivity (Wildman–Crippen MR) is 134 cm³/mol. The fraction of sp³-hybridized carbons (Fsp3) is 0.267. The summed E-state index contributed by atoms with van der Waals surface area (Å²) >= 11 is 0. The van der Waals surface area contributed by atoms with Crippen LogP contribution in [-0.4, -0.2) is 35.8 Å². The molecule has 1 aliphatic heterocycles. The van der Waals surface area contributed by atoms with E-state index in [9.17, 15) is 5.11 Å². The Morgan fingerprint density at radius 2 is 1.35 bits per heavy atom. The molecule has 1 heterocycles. The lowest BCUT2D eigenvalue weighted by Crippen LogP contribution is -2.38. The Labute approximate surface area is 202 Å². The van der Waals surface area contributed by atoms with Crippen molar-refractivity contribution in [3.8, 4) is 0 Å². The van der Waals surface area contributed by atoms with Gasteiger partial charge in [0.15, 0.2) is 5.79 Å². The summed E-state index contributed by atoms with van der Waals surface area (Å²) in [6.45, 7) is 11.8. The van der Waals surface area contributed by atoms with E-state index >= 15 is 0 Å². The maximum absolute atomic E-state index is 10.5. The molecular weight excluding hydrogens is 424 g/mol. The van der Waals surface area contributed by atoms with E-state index in [1.165, 1.54) is 6.08 Å². The Bertz CT molecular complexity index is 996. The molecule has 1 saturated heterocycles. The molecule has 0 aliphatic carbocycles. The lowest BCUT2D eigenvalue weighted by atomic mass is 9.80. The van der Waals surface area contributed by atoms with Crippen LogP contribution < -0.4 is 0 Å². The van der Waals surface area contributed by atoms with Crippen molar-refractivity contribution in [2.24, 2.45) is 0 Å². The second kappa shape index (κ2) is 10.1. The molecule has 4 rings (SSSR count). The first-order valence-electron chi connectivity index (χ1n) is 11.5. The molecular formula is C30H32O4. The summed E-state index contributed by atoms with van der Waals surface area (Å²) in [7, 11) is 0. The molecule has 3 aromatic carbocycles. The summed E-state index contributed by atoms with van der Waals surface area (Å²) in [5, 5.41) is 10.5. The minimum Gasteiger partial charge on any atom is -0.386 e. The molecule has 0 bridgehead atoms. The van der Waals surface area contributed by atoms with E-state index in [1.807, 2.05) is 68.4 Å². The van der Waals surface area contributed by atoms with Gasteiger partial charge in [0.2, 0.25) is 0 Å². The molecule has 0 spiro atoms. The summed E-state index contributed by atoms with van der Waals surface area (Å²) in [5.74, 6) is -0.850. The van der Waals surface area contributed by atoms with Gasteiger partial charge in [0, 0.05) is 0 Å². The summed E-state index contributed by atoms with van der Waals surface area (Å²) < 4.78 is 18.9. The molecule has 34 heavy (non-hydrogen) atoms. The number of rotatable bonds is 9. The molecule has 1 N–H and O–H groups in total. The minimum absolute atomic E-state index is 0.198. The van der Waals surface area contributed by atoms with E-state index in [0.717, 1.165) is 16.7 Å². The minimum atomic E-state index is -0.884. The van der Waals surface area contributed by atoms with Gasteiger partial charge in [-0.05, 0) is 36.1 Å². The summed E-state index contributed by atoms with van der Waals surface area (Å²) in [5.41, 5.74) is 2.84. The van der Waals surface area contributed by atoms with E-state index < -0.39 is 29.7 Å². The first-order chi connectivity index (χ1) is 16.4. The van der Waals surface area contributed by atoms with Crippen molar-refractivity contribution in [3.05, 3.63) is 132 Å². The monoisotopic (exact) mass is 456 g/mol. The number of hydrogen-bond acceptors (Lipinski definition) is 4. The van der Waals surface area contributed by atoms with Gasteiger partial charge in [0.1, 0.15) is 23.9 Å². The average Bonchev–Trinajstić information content (AvgIpc) is 3.21. The molecule has 0 saturated carbocycles. The van der Waals surface area contributed by atoms with Crippen LogP contribution in [0.3, 0.4) is 0 Å². The number of benzene rings is 3. The first kappa shape index (κ1) is 24.1. The van der Waals surface area contributed by atoms with Gasteiger partial charge in [-0.15, -0.1) is 6.58 Å². The molecule has 4 heteroatoms. The predicted octanol–water partition coefficient (Wildman–Crippen LogP) is 5.62. The smallest absolute Gasteiger partial charge is 0.164 e. The summed E-state index contributed by atoms with van der Waals surface area (Å²) in [6.07, 6.45) is -0.574. The molecule has 0 unspecified atom stereocenters. The summed E-state index contributed by atoms with van der Waals surface area (Å²) in [4.78, 5) is 0. The lowest BCUT2D eigenvalue weighted by molar-refractivity contribution is -0.151. The molecule has 0 amide bonds. The standard InChI is InChI=1S/C30H32O4/c1-5-26(31)28-27(33-29(3,4)34-28)22(2)21-32-30(23-15-9-6-10-16-23,24-17-11-7-12-18-24)25-19-13-8-14-20-25/h5-20,26-28,31H,1-2,21H2,3-4H3/t26-,27-,28+/m1/s1. The zero-order valence-electron chi connectivity index (χ0n) is 19.8. The fourth-order valence-corrected chi connectivity index (χ4v) is 4.54. The van der Waals surface area contributed by atoms with Crippen LogP contribution in [0.2, 0.25) is 0 Å². The highest BCUT2D eigenvalue weighted by molar-refractivity contribution is 5.47. The van der Waals surface area contributed by atoms with Gasteiger partial charge < -0.3 is 19.3 Å². The summed E-state index contributed by atoms with van der Waals surface area (Å²) in [6, 6.07) is 30.5. The second-order valence-electron chi connectivity index (χ2n) is 8.97. The van der Waals surface area contributed by atoms with Crippen molar-refractivity contribution < 1.29 is 19.3 Å². The number of aliphatic hydroxyl groups excluding tert-OH is 1. The van der Waals surface area contributed by atoms with E-state index in [-0.39, 0.29) is 6.61 Å². The number of hydrogen-bond donors (Lipinski definition) is 1. The van der Waals surface area contributed by atoms with Crippen molar-refractivity contribution in [1.82, 2.24) is 0 Å². The maximum atomic E-state index is 10.5. The van der Waals surface area contributed by atoms with Gasteiger partial charge in [0.25, 0.3) is 0 Å². The molecule has 3 aromatic rings. The number of aliphatic hydroxyl groups is 1. The Hall–Kier alpha value is -3.02. The molecule has 1 aliphatic rings. The van der Waals surface area contributed by atoms with E-state index in [4.69, 9.17) is 14.2 Å². The normalized spacial score (nSPS) is 20.6. The van der Waals surface area contributed by atoms with Crippen LogP contribution in [-0.2, 0) is 19.8 Å². The van der Waals surface area contributed by atoms with Crippen molar-refractivity contribution in [3.63, 3.8) is 0 Å².